The Bertz CT molecular complexity index is 782. The largest absolute Gasteiger partial charge is 0.481 e. The number of rotatable bonds is 6. The van der Waals surface area contributed by atoms with E-state index in [1.54, 1.807) is 0 Å². The van der Waals surface area contributed by atoms with Crippen LogP contribution in [0.25, 0.3) is 11.3 Å². The normalized spacial score (nSPS) is 10.6. The van der Waals surface area contributed by atoms with Gasteiger partial charge in [-0.2, -0.15) is 0 Å². The topological polar surface area (TPSA) is 50.2 Å². The SMILES string of the molecule is O=C(O)Cc1sc(CCc2ccccc2)nc1-c1ccccc1. The Labute approximate surface area is 139 Å². The summed E-state index contributed by atoms with van der Waals surface area (Å²) in [7, 11) is 0. The van der Waals surface area contributed by atoms with Crippen molar-refractivity contribution in [1.82, 2.24) is 4.98 Å². The molecule has 0 aliphatic carbocycles. The first-order chi connectivity index (χ1) is 11.2. The standard InChI is InChI=1S/C19H17NO2S/c21-18(22)13-16-19(15-9-5-2-6-10-15)20-17(23-16)12-11-14-7-3-1-4-8-14/h1-10H,11-13H2,(H,21,22). The number of carbonyl (C=O) groups is 1. The lowest BCUT2D eigenvalue weighted by molar-refractivity contribution is -0.136. The van der Waals surface area contributed by atoms with E-state index in [4.69, 9.17) is 10.1 Å². The van der Waals surface area contributed by atoms with Gasteiger partial charge in [-0.05, 0) is 12.0 Å². The van der Waals surface area contributed by atoms with Crippen LogP contribution in [0.5, 0.6) is 0 Å². The molecule has 0 fully saturated rings. The van der Waals surface area contributed by atoms with Gasteiger partial charge >= 0.3 is 5.97 Å². The Balaban J connectivity index is 1.84. The van der Waals surface area contributed by atoms with Gasteiger partial charge in [0.25, 0.3) is 0 Å². The number of thiazole rings is 1. The molecule has 0 spiro atoms. The molecule has 1 N–H and O–H groups in total. The fraction of sp³-hybridized carbons (Fsp3) is 0.158. The van der Waals surface area contributed by atoms with Gasteiger partial charge in [-0.3, -0.25) is 4.79 Å². The number of aliphatic carboxylic acids is 1. The van der Waals surface area contributed by atoms with E-state index < -0.39 is 5.97 Å². The fourth-order valence-electron chi connectivity index (χ4n) is 2.48. The Morgan fingerprint density at radius 3 is 2.26 bits per heavy atom. The van der Waals surface area contributed by atoms with E-state index in [1.165, 1.54) is 16.9 Å². The minimum atomic E-state index is -0.819. The van der Waals surface area contributed by atoms with E-state index in [0.717, 1.165) is 34.0 Å². The van der Waals surface area contributed by atoms with Crippen LogP contribution in [0.3, 0.4) is 0 Å². The summed E-state index contributed by atoms with van der Waals surface area (Å²) in [5.74, 6) is -0.819. The minimum Gasteiger partial charge on any atom is -0.481 e. The highest BCUT2D eigenvalue weighted by Gasteiger charge is 2.15. The highest BCUT2D eigenvalue weighted by Crippen LogP contribution is 2.29. The molecule has 23 heavy (non-hydrogen) atoms. The van der Waals surface area contributed by atoms with Crippen molar-refractivity contribution in [3.8, 4) is 11.3 Å². The summed E-state index contributed by atoms with van der Waals surface area (Å²) in [4.78, 5) is 16.6. The second-order valence-corrected chi connectivity index (χ2v) is 6.47. The van der Waals surface area contributed by atoms with Gasteiger partial charge in [-0.1, -0.05) is 60.7 Å². The molecule has 0 atom stereocenters. The van der Waals surface area contributed by atoms with Crippen LogP contribution in [-0.4, -0.2) is 16.1 Å². The second kappa shape index (κ2) is 7.20. The number of hydrogen-bond acceptors (Lipinski definition) is 3. The minimum absolute atomic E-state index is 0.0211. The molecule has 1 heterocycles. The van der Waals surface area contributed by atoms with Crippen molar-refractivity contribution in [1.29, 1.82) is 0 Å². The second-order valence-electron chi connectivity index (χ2n) is 5.30. The molecule has 0 bridgehead atoms. The van der Waals surface area contributed by atoms with Gasteiger partial charge in [0.1, 0.15) is 0 Å². The van der Waals surface area contributed by atoms with Crippen LogP contribution in [0.2, 0.25) is 0 Å². The summed E-state index contributed by atoms with van der Waals surface area (Å²) in [5, 5.41) is 10.1. The highest BCUT2D eigenvalue weighted by molar-refractivity contribution is 7.12. The van der Waals surface area contributed by atoms with E-state index in [2.05, 4.69) is 12.1 Å². The third kappa shape index (κ3) is 4.05. The van der Waals surface area contributed by atoms with Crippen LogP contribution in [0.1, 0.15) is 15.4 Å². The van der Waals surface area contributed by atoms with Gasteiger partial charge in [0.05, 0.1) is 17.1 Å². The molecule has 3 nitrogen and oxygen atoms in total. The number of nitrogens with zero attached hydrogens (tertiary/aromatic N) is 1. The van der Waals surface area contributed by atoms with E-state index in [9.17, 15) is 4.79 Å². The fourth-order valence-corrected chi connectivity index (χ4v) is 3.56. The average molecular weight is 323 g/mol. The van der Waals surface area contributed by atoms with Crippen molar-refractivity contribution in [3.63, 3.8) is 0 Å². The Morgan fingerprint density at radius 1 is 0.957 bits per heavy atom. The molecule has 0 aliphatic heterocycles. The van der Waals surface area contributed by atoms with Crippen LogP contribution < -0.4 is 0 Å². The summed E-state index contributed by atoms with van der Waals surface area (Å²) in [6.07, 6.45) is 1.76. The predicted molar refractivity (Wildman–Crippen MR) is 92.7 cm³/mol. The summed E-state index contributed by atoms with van der Waals surface area (Å²) in [6, 6.07) is 20.1. The first-order valence-corrected chi connectivity index (χ1v) is 8.34. The maximum atomic E-state index is 11.1. The lowest BCUT2D eigenvalue weighted by Gasteiger charge is -1.99. The molecule has 0 saturated heterocycles. The molecule has 0 radical (unpaired) electrons. The third-order valence-electron chi connectivity index (χ3n) is 3.57. The molecule has 3 aromatic rings. The number of hydrogen-bond donors (Lipinski definition) is 1. The molecule has 4 heteroatoms. The number of aromatic nitrogens is 1. The van der Waals surface area contributed by atoms with Crippen LogP contribution in [0.15, 0.2) is 60.7 Å². The number of carboxylic acid groups (broad SMARTS) is 1. The highest BCUT2D eigenvalue weighted by atomic mass is 32.1. The zero-order chi connectivity index (χ0) is 16.1. The molecule has 0 unspecified atom stereocenters. The van der Waals surface area contributed by atoms with E-state index in [-0.39, 0.29) is 6.42 Å². The summed E-state index contributed by atoms with van der Waals surface area (Å²) < 4.78 is 0. The van der Waals surface area contributed by atoms with Crippen LogP contribution in [-0.2, 0) is 24.1 Å². The lowest BCUT2D eigenvalue weighted by Crippen LogP contribution is -1.99. The zero-order valence-corrected chi connectivity index (χ0v) is 13.4. The third-order valence-corrected chi connectivity index (χ3v) is 4.69. The Morgan fingerprint density at radius 2 is 1.61 bits per heavy atom. The molecular weight excluding hydrogens is 306 g/mol. The Hall–Kier alpha value is -2.46. The van der Waals surface area contributed by atoms with Gasteiger partial charge in [0.2, 0.25) is 0 Å². The molecule has 3 rings (SSSR count). The van der Waals surface area contributed by atoms with Crippen molar-refractivity contribution in [2.45, 2.75) is 19.3 Å². The van der Waals surface area contributed by atoms with Crippen molar-refractivity contribution in [2.75, 3.05) is 0 Å². The summed E-state index contributed by atoms with van der Waals surface area (Å²) >= 11 is 1.51. The summed E-state index contributed by atoms with van der Waals surface area (Å²) in [6.45, 7) is 0. The quantitative estimate of drug-likeness (QED) is 0.739. The molecular formula is C19H17NO2S. The van der Waals surface area contributed by atoms with Gasteiger partial charge in [0, 0.05) is 16.9 Å². The first-order valence-electron chi connectivity index (χ1n) is 7.52. The van der Waals surface area contributed by atoms with Crippen molar-refractivity contribution < 1.29 is 9.90 Å². The van der Waals surface area contributed by atoms with Gasteiger partial charge < -0.3 is 5.11 Å². The van der Waals surface area contributed by atoms with Gasteiger partial charge in [0.15, 0.2) is 0 Å². The predicted octanol–water partition coefficient (Wildman–Crippen LogP) is 4.22. The summed E-state index contributed by atoms with van der Waals surface area (Å²) in [5.41, 5.74) is 3.05. The first kappa shape index (κ1) is 15.4. The van der Waals surface area contributed by atoms with Crippen molar-refractivity contribution in [3.05, 3.63) is 76.1 Å². The smallest absolute Gasteiger partial charge is 0.308 e. The van der Waals surface area contributed by atoms with Crippen LogP contribution in [0.4, 0.5) is 0 Å². The molecule has 0 amide bonds. The number of aryl methyl sites for hydroxylation is 2. The molecule has 0 aliphatic rings. The van der Waals surface area contributed by atoms with E-state index >= 15 is 0 Å². The molecule has 116 valence electrons. The van der Waals surface area contributed by atoms with Crippen LogP contribution >= 0.6 is 11.3 Å². The molecule has 2 aromatic carbocycles. The molecule has 0 saturated carbocycles. The molecule has 1 aromatic heterocycles. The monoisotopic (exact) mass is 323 g/mol. The van der Waals surface area contributed by atoms with Crippen molar-refractivity contribution >= 4 is 17.3 Å². The Kier molecular flexibility index (Phi) is 4.83. The van der Waals surface area contributed by atoms with Gasteiger partial charge in [-0.15, -0.1) is 11.3 Å². The number of benzene rings is 2. The average Bonchev–Trinajstić information content (AvgIpc) is 2.97. The zero-order valence-electron chi connectivity index (χ0n) is 12.6. The van der Waals surface area contributed by atoms with Gasteiger partial charge in [-0.25, -0.2) is 4.98 Å². The maximum absolute atomic E-state index is 11.1. The lowest BCUT2D eigenvalue weighted by atomic mass is 10.1. The number of carboxylic acids is 1. The van der Waals surface area contributed by atoms with E-state index in [0.29, 0.717) is 0 Å². The maximum Gasteiger partial charge on any atom is 0.308 e. The van der Waals surface area contributed by atoms with Crippen molar-refractivity contribution in [2.24, 2.45) is 0 Å². The van der Waals surface area contributed by atoms with Crippen LogP contribution in [0, 0.1) is 0 Å². The van der Waals surface area contributed by atoms with E-state index in [1.807, 2.05) is 48.5 Å².